The van der Waals surface area contributed by atoms with Crippen molar-refractivity contribution in [3.8, 4) is 0 Å². The lowest BCUT2D eigenvalue weighted by molar-refractivity contribution is -0.00521. The second-order valence-corrected chi connectivity index (χ2v) is 9.50. The molecule has 5 aromatic rings. The smallest absolute Gasteiger partial charge is 0.161 e. The summed E-state index contributed by atoms with van der Waals surface area (Å²) in [5.74, 6) is 0.141. The van der Waals surface area contributed by atoms with Crippen LogP contribution in [0.15, 0.2) is 54.6 Å². The SMILES string of the molecule is C[C@@H]1CN(c2ccc3c(Nc4n[nH]c5ccc(Cc6cc(F)cc(F)c6)cc45)n[nH]c3c2)C[C@H](C)O1. The molecule has 1 aliphatic heterocycles. The zero-order valence-corrected chi connectivity index (χ0v) is 20.0. The number of ether oxygens (including phenoxy) is 1. The molecule has 1 fully saturated rings. The fourth-order valence-corrected chi connectivity index (χ4v) is 5.02. The van der Waals surface area contributed by atoms with E-state index < -0.39 is 11.6 Å². The summed E-state index contributed by atoms with van der Waals surface area (Å²) in [6, 6.07) is 15.7. The normalized spacial score (nSPS) is 18.3. The van der Waals surface area contributed by atoms with E-state index in [2.05, 4.69) is 62.7 Å². The first-order chi connectivity index (χ1) is 17.4. The first-order valence-electron chi connectivity index (χ1n) is 12.0. The van der Waals surface area contributed by atoms with Gasteiger partial charge in [0.05, 0.1) is 23.2 Å². The Balaban J connectivity index is 1.26. The molecule has 1 saturated heterocycles. The van der Waals surface area contributed by atoms with Crippen molar-refractivity contribution in [2.24, 2.45) is 0 Å². The highest BCUT2D eigenvalue weighted by atomic mass is 19.1. The van der Waals surface area contributed by atoms with E-state index >= 15 is 0 Å². The lowest BCUT2D eigenvalue weighted by Gasteiger charge is -2.36. The molecule has 0 amide bonds. The van der Waals surface area contributed by atoms with Crippen molar-refractivity contribution in [1.82, 2.24) is 20.4 Å². The number of H-pyrrole nitrogens is 2. The first-order valence-corrected chi connectivity index (χ1v) is 12.0. The Morgan fingerprint density at radius 2 is 1.53 bits per heavy atom. The fourth-order valence-electron chi connectivity index (χ4n) is 5.02. The third kappa shape index (κ3) is 4.37. The molecule has 0 spiro atoms. The summed E-state index contributed by atoms with van der Waals surface area (Å²) < 4.78 is 33.1. The van der Waals surface area contributed by atoms with Crippen LogP contribution in [-0.2, 0) is 11.2 Å². The van der Waals surface area contributed by atoms with Crippen molar-refractivity contribution in [2.45, 2.75) is 32.5 Å². The molecule has 2 atom stereocenters. The summed E-state index contributed by atoms with van der Waals surface area (Å²) in [6.45, 7) is 5.88. The standard InChI is InChI=1S/C27H26F2N6O/c1-15-13-35(14-16(2)36-15)21-4-5-22-25(12-21)32-33-26(22)30-27-23-10-17(3-6-24(23)31-34-27)7-18-8-19(28)11-20(29)9-18/h3-6,8-12,15-16H,7,13-14H2,1-2H3,(H3,30,31,32,33,34)/t15-,16+. The molecule has 3 aromatic carbocycles. The summed E-state index contributed by atoms with van der Waals surface area (Å²) in [5.41, 5.74) is 4.40. The van der Waals surface area contributed by atoms with Crippen LogP contribution in [0.2, 0.25) is 0 Å². The van der Waals surface area contributed by atoms with Crippen LogP contribution in [0.5, 0.6) is 0 Å². The maximum Gasteiger partial charge on any atom is 0.161 e. The van der Waals surface area contributed by atoms with Gasteiger partial charge in [-0.25, -0.2) is 8.78 Å². The van der Waals surface area contributed by atoms with Gasteiger partial charge in [0.1, 0.15) is 11.6 Å². The van der Waals surface area contributed by atoms with Crippen molar-refractivity contribution in [2.75, 3.05) is 23.3 Å². The monoisotopic (exact) mass is 488 g/mol. The number of hydrogen-bond acceptors (Lipinski definition) is 5. The molecule has 0 unspecified atom stereocenters. The van der Waals surface area contributed by atoms with Gasteiger partial charge in [0.25, 0.3) is 0 Å². The summed E-state index contributed by atoms with van der Waals surface area (Å²) in [5, 5.41) is 20.2. The number of morpholine rings is 1. The van der Waals surface area contributed by atoms with Crippen molar-refractivity contribution < 1.29 is 13.5 Å². The second kappa shape index (κ2) is 8.91. The van der Waals surface area contributed by atoms with Gasteiger partial charge >= 0.3 is 0 Å². The molecule has 0 saturated carbocycles. The zero-order chi connectivity index (χ0) is 24.8. The largest absolute Gasteiger partial charge is 0.372 e. The van der Waals surface area contributed by atoms with Gasteiger partial charge in [-0.1, -0.05) is 6.07 Å². The average molecular weight is 489 g/mol. The van der Waals surface area contributed by atoms with E-state index in [1.165, 1.54) is 12.1 Å². The van der Waals surface area contributed by atoms with Crippen LogP contribution in [0.25, 0.3) is 21.8 Å². The Bertz CT molecular complexity index is 1530. The van der Waals surface area contributed by atoms with Crippen LogP contribution in [-0.4, -0.2) is 45.7 Å². The minimum Gasteiger partial charge on any atom is -0.372 e. The van der Waals surface area contributed by atoms with E-state index in [1.807, 2.05) is 18.2 Å². The van der Waals surface area contributed by atoms with E-state index in [9.17, 15) is 8.78 Å². The quantitative estimate of drug-likeness (QED) is 0.297. The first kappa shape index (κ1) is 22.5. The predicted molar refractivity (Wildman–Crippen MR) is 137 cm³/mol. The van der Waals surface area contributed by atoms with Crippen molar-refractivity contribution >= 4 is 39.1 Å². The van der Waals surface area contributed by atoms with Crippen LogP contribution in [0.3, 0.4) is 0 Å². The molecule has 9 heteroatoms. The third-order valence-electron chi connectivity index (χ3n) is 6.53. The Labute approximate surface area is 206 Å². The molecule has 3 N–H and O–H groups in total. The van der Waals surface area contributed by atoms with Gasteiger partial charge < -0.3 is 15.0 Å². The van der Waals surface area contributed by atoms with Crippen molar-refractivity contribution in [3.63, 3.8) is 0 Å². The summed E-state index contributed by atoms with van der Waals surface area (Å²) in [7, 11) is 0. The van der Waals surface area contributed by atoms with E-state index in [0.29, 0.717) is 23.6 Å². The molecule has 2 aromatic heterocycles. The van der Waals surface area contributed by atoms with E-state index in [-0.39, 0.29) is 12.2 Å². The maximum absolute atomic E-state index is 13.6. The molecule has 3 heterocycles. The zero-order valence-electron chi connectivity index (χ0n) is 20.0. The van der Waals surface area contributed by atoms with E-state index in [1.54, 1.807) is 0 Å². The van der Waals surface area contributed by atoms with Crippen LogP contribution < -0.4 is 10.2 Å². The number of halogens is 2. The number of aromatic amines is 2. The van der Waals surface area contributed by atoms with E-state index in [0.717, 1.165) is 52.2 Å². The van der Waals surface area contributed by atoms with Crippen LogP contribution in [0.1, 0.15) is 25.0 Å². The maximum atomic E-state index is 13.6. The fraction of sp³-hybridized carbons (Fsp3) is 0.259. The van der Waals surface area contributed by atoms with Gasteiger partial charge in [0.2, 0.25) is 0 Å². The summed E-state index contributed by atoms with van der Waals surface area (Å²) >= 11 is 0. The average Bonchev–Trinajstić information content (AvgIpc) is 3.41. The Hall–Kier alpha value is -3.98. The predicted octanol–water partition coefficient (Wildman–Crippen LogP) is 5.67. The second-order valence-electron chi connectivity index (χ2n) is 9.50. The van der Waals surface area contributed by atoms with Gasteiger partial charge in [-0.15, -0.1) is 0 Å². The number of rotatable bonds is 5. The van der Waals surface area contributed by atoms with Crippen LogP contribution in [0, 0.1) is 11.6 Å². The van der Waals surface area contributed by atoms with Crippen LogP contribution in [0.4, 0.5) is 26.1 Å². The molecule has 0 aliphatic carbocycles. The summed E-state index contributed by atoms with van der Waals surface area (Å²) in [6.07, 6.45) is 0.768. The molecule has 1 aliphatic rings. The Morgan fingerprint density at radius 3 is 2.28 bits per heavy atom. The van der Waals surface area contributed by atoms with Crippen LogP contribution >= 0.6 is 0 Å². The molecular weight excluding hydrogens is 462 g/mol. The topological polar surface area (TPSA) is 81.9 Å². The van der Waals surface area contributed by atoms with Gasteiger partial charge in [-0.3, -0.25) is 10.2 Å². The Kier molecular flexibility index (Phi) is 5.56. The third-order valence-corrected chi connectivity index (χ3v) is 6.53. The van der Waals surface area contributed by atoms with Crippen molar-refractivity contribution in [1.29, 1.82) is 0 Å². The molecule has 36 heavy (non-hydrogen) atoms. The number of anilines is 3. The van der Waals surface area contributed by atoms with Gasteiger partial charge in [-0.2, -0.15) is 10.2 Å². The van der Waals surface area contributed by atoms with Crippen molar-refractivity contribution in [3.05, 3.63) is 77.4 Å². The molecule has 0 radical (unpaired) electrons. The highest BCUT2D eigenvalue weighted by Gasteiger charge is 2.23. The minimum atomic E-state index is -0.581. The number of nitrogens with zero attached hydrogens (tertiary/aromatic N) is 3. The lowest BCUT2D eigenvalue weighted by Crippen LogP contribution is -2.45. The highest BCUT2D eigenvalue weighted by molar-refractivity contribution is 5.97. The molecule has 0 bridgehead atoms. The van der Waals surface area contributed by atoms with E-state index in [4.69, 9.17) is 4.74 Å². The molecule has 6 rings (SSSR count). The number of benzene rings is 3. The molecule has 184 valence electrons. The highest BCUT2D eigenvalue weighted by Crippen LogP contribution is 2.31. The Morgan fingerprint density at radius 1 is 0.833 bits per heavy atom. The molecule has 7 nitrogen and oxygen atoms in total. The summed E-state index contributed by atoms with van der Waals surface area (Å²) in [4.78, 5) is 2.33. The number of fused-ring (bicyclic) bond motifs is 2. The van der Waals surface area contributed by atoms with Gasteiger partial charge in [-0.05, 0) is 73.9 Å². The number of hydrogen-bond donors (Lipinski definition) is 3. The van der Waals surface area contributed by atoms with Gasteiger partial charge in [0, 0.05) is 35.6 Å². The minimum absolute atomic E-state index is 0.182. The number of aromatic nitrogens is 4. The molecular formula is C27H26F2N6O. The number of nitrogens with one attached hydrogen (secondary N) is 3. The lowest BCUT2D eigenvalue weighted by atomic mass is 10.0. The van der Waals surface area contributed by atoms with Gasteiger partial charge in [0.15, 0.2) is 11.6 Å².